The van der Waals surface area contributed by atoms with Gasteiger partial charge in [-0.1, -0.05) is 41.9 Å². The standard InChI is InChI=1S/C21H20ClFN4O/c1-14-26-19(21(28)24-11-10-15-6-8-17(23)9-7-15)12-20(27-14)25-13-16-4-2-3-5-18(16)22/h2-9,12H,10-11,13H2,1H3,(H,24,28)(H,25,26,27). The van der Waals surface area contributed by atoms with E-state index in [4.69, 9.17) is 11.6 Å². The number of carbonyl (C=O) groups is 1. The van der Waals surface area contributed by atoms with Crippen LogP contribution in [0.3, 0.4) is 0 Å². The molecule has 7 heteroatoms. The number of hydrogen-bond donors (Lipinski definition) is 2. The molecule has 0 spiro atoms. The van der Waals surface area contributed by atoms with Crippen molar-refractivity contribution in [3.8, 4) is 0 Å². The number of hydrogen-bond acceptors (Lipinski definition) is 4. The first kappa shape index (κ1) is 19.8. The van der Waals surface area contributed by atoms with Crippen LogP contribution in [0.5, 0.6) is 0 Å². The lowest BCUT2D eigenvalue weighted by Gasteiger charge is -2.10. The van der Waals surface area contributed by atoms with Gasteiger partial charge in [-0.05, 0) is 42.7 Å². The van der Waals surface area contributed by atoms with Gasteiger partial charge in [0.2, 0.25) is 0 Å². The number of amides is 1. The molecule has 28 heavy (non-hydrogen) atoms. The predicted molar refractivity (Wildman–Crippen MR) is 108 cm³/mol. The third-order valence-corrected chi connectivity index (χ3v) is 4.47. The summed E-state index contributed by atoms with van der Waals surface area (Å²) in [5.41, 5.74) is 2.17. The minimum Gasteiger partial charge on any atom is -0.366 e. The van der Waals surface area contributed by atoms with Crippen molar-refractivity contribution in [2.75, 3.05) is 11.9 Å². The monoisotopic (exact) mass is 398 g/mol. The molecule has 5 nitrogen and oxygen atoms in total. The molecule has 0 saturated heterocycles. The second kappa shape index (κ2) is 9.28. The Morgan fingerprint density at radius 1 is 1.11 bits per heavy atom. The normalized spacial score (nSPS) is 10.5. The topological polar surface area (TPSA) is 66.9 Å². The van der Waals surface area contributed by atoms with Gasteiger partial charge >= 0.3 is 0 Å². The van der Waals surface area contributed by atoms with Crippen molar-refractivity contribution in [2.24, 2.45) is 0 Å². The Kier molecular flexibility index (Phi) is 6.55. The number of benzene rings is 2. The fourth-order valence-corrected chi connectivity index (χ4v) is 2.87. The molecule has 3 aromatic rings. The summed E-state index contributed by atoms with van der Waals surface area (Å²) < 4.78 is 12.9. The molecule has 1 amide bonds. The van der Waals surface area contributed by atoms with Gasteiger partial charge < -0.3 is 10.6 Å². The van der Waals surface area contributed by atoms with Crippen molar-refractivity contribution in [3.05, 3.63) is 88.1 Å². The first-order valence-electron chi connectivity index (χ1n) is 8.87. The fraction of sp³-hybridized carbons (Fsp3) is 0.190. The summed E-state index contributed by atoms with van der Waals surface area (Å²) in [6.07, 6.45) is 0.605. The number of anilines is 1. The number of nitrogens with one attached hydrogen (secondary N) is 2. The van der Waals surface area contributed by atoms with Crippen LogP contribution in [-0.4, -0.2) is 22.4 Å². The molecule has 0 radical (unpaired) electrons. The first-order valence-corrected chi connectivity index (χ1v) is 9.24. The van der Waals surface area contributed by atoms with Crippen molar-refractivity contribution >= 4 is 23.3 Å². The van der Waals surface area contributed by atoms with Gasteiger partial charge in [0.25, 0.3) is 5.91 Å². The van der Waals surface area contributed by atoms with Gasteiger partial charge in [-0.25, -0.2) is 14.4 Å². The van der Waals surface area contributed by atoms with Crippen molar-refractivity contribution in [1.82, 2.24) is 15.3 Å². The van der Waals surface area contributed by atoms with E-state index in [0.717, 1.165) is 11.1 Å². The minimum atomic E-state index is -0.284. The molecule has 144 valence electrons. The molecule has 2 N–H and O–H groups in total. The van der Waals surface area contributed by atoms with E-state index in [0.29, 0.717) is 36.2 Å². The Bertz CT molecular complexity index is 963. The molecule has 0 unspecified atom stereocenters. The van der Waals surface area contributed by atoms with Gasteiger partial charge in [-0.15, -0.1) is 0 Å². The Balaban J connectivity index is 1.59. The van der Waals surface area contributed by atoms with Gasteiger partial charge in [0.15, 0.2) is 0 Å². The van der Waals surface area contributed by atoms with Crippen molar-refractivity contribution in [1.29, 1.82) is 0 Å². The molecule has 0 fully saturated rings. The first-order chi connectivity index (χ1) is 13.5. The van der Waals surface area contributed by atoms with E-state index in [1.807, 2.05) is 24.3 Å². The highest BCUT2D eigenvalue weighted by Crippen LogP contribution is 2.16. The summed E-state index contributed by atoms with van der Waals surface area (Å²) in [5, 5.41) is 6.67. The number of aryl methyl sites for hydroxylation is 1. The largest absolute Gasteiger partial charge is 0.366 e. The van der Waals surface area contributed by atoms with Crippen molar-refractivity contribution in [2.45, 2.75) is 19.9 Å². The van der Waals surface area contributed by atoms with E-state index in [1.165, 1.54) is 12.1 Å². The molecule has 0 aliphatic heterocycles. The molecule has 0 aliphatic rings. The summed E-state index contributed by atoms with van der Waals surface area (Å²) in [7, 11) is 0. The lowest BCUT2D eigenvalue weighted by atomic mass is 10.1. The summed E-state index contributed by atoms with van der Waals surface area (Å²) >= 11 is 6.16. The second-order valence-electron chi connectivity index (χ2n) is 6.26. The summed E-state index contributed by atoms with van der Waals surface area (Å²) in [4.78, 5) is 20.9. The summed E-state index contributed by atoms with van der Waals surface area (Å²) in [6, 6.07) is 15.3. The minimum absolute atomic E-state index is 0.277. The fourth-order valence-electron chi connectivity index (χ4n) is 2.66. The zero-order valence-corrected chi connectivity index (χ0v) is 16.1. The van der Waals surface area contributed by atoms with Crippen LogP contribution in [0, 0.1) is 12.7 Å². The van der Waals surface area contributed by atoms with Crippen LogP contribution in [-0.2, 0) is 13.0 Å². The third-order valence-electron chi connectivity index (χ3n) is 4.10. The SMILES string of the molecule is Cc1nc(NCc2ccccc2Cl)cc(C(=O)NCCc2ccc(F)cc2)n1. The Morgan fingerprint density at radius 3 is 2.61 bits per heavy atom. The highest BCUT2D eigenvalue weighted by atomic mass is 35.5. The average Bonchev–Trinajstić information content (AvgIpc) is 2.68. The molecule has 3 rings (SSSR count). The summed E-state index contributed by atoms with van der Waals surface area (Å²) in [6.45, 7) is 2.65. The van der Waals surface area contributed by atoms with Crippen LogP contribution < -0.4 is 10.6 Å². The predicted octanol–water partition coefficient (Wildman–Crippen LogP) is 4.16. The van der Waals surface area contributed by atoms with Gasteiger partial charge in [0.1, 0.15) is 23.2 Å². The quantitative estimate of drug-likeness (QED) is 0.627. The smallest absolute Gasteiger partial charge is 0.270 e. The van der Waals surface area contributed by atoms with E-state index in [-0.39, 0.29) is 17.4 Å². The van der Waals surface area contributed by atoms with Crippen LogP contribution in [0.25, 0.3) is 0 Å². The maximum atomic E-state index is 12.9. The summed E-state index contributed by atoms with van der Waals surface area (Å²) in [5.74, 6) is 0.485. The van der Waals surface area contributed by atoms with Gasteiger partial charge in [0.05, 0.1) is 0 Å². The Morgan fingerprint density at radius 2 is 1.86 bits per heavy atom. The van der Waals surface area contributed by atoms with E-state index in [2.05, 4.69) is 20.6 Å². The molecule has 0 atom stereocenters. The second-order valence-corrected chi connectivity index (χ2v) is 6.67. The molecule has 0 bridgehead atoms. The average molecular weight is 399 g/mol. The highest BCUT2D eigenvalue weighted by Gasteiger charge is 2.10. The van der Waals surface area contributed by atoms with Crippen molar-refractivity contribution < 1.29 is 9.18 Å². The molecule has 0 saturated carbocycles. The lowest BCUT2D eigenvalue weighted by Crippen LogP contribution is -2.27. The maximum Gasteiger partial charge on any atom is 0.270 e. The number of rotatable bonds is 7. The van der Waals surface area contributed by atoms with Crippen LogP contribution >= 0.6 is 11.6 Å². The molecule has 1 heterocycles. The zero-order valence-electron chi connectivity index (χ0n) is 15.4. The Labute approximate surface area is 168 Å². The van der Waals surface area contributed by atoms with E-state index < -0.39 is 0 Å². The van der Waals surface area contributed by atoms with E-state index >= 15 is 0 Å². The number of aromatic nitrogens is 2. The highest BCUT2D eigenvalue weighted by molar-refractivity contribution is 6.31. The molecule has 0 aliphatic carbocycles. The van der Waals surface area contributed by atoms with Crippen LogP contribution in [0.1, 0.15) is 27.4 Å². The zero-order chi connectivity index (χ0) is 19.9. The van der Waals surface area contributed by atoms with Crippen molar-refractivity contribution in [3.63, 3.8) is 0 Å². The van der Waals surface area contributed by atoms with E-state index in [1.54, 1.807) is 25.1 Å². The maximum absolute atomic E-state index is 12.9. The van der Waals surface area contributed by atoms with Crippen LogP contribution in [0.4, 0.5) is 10.2 Å². The van der Waals surface area contributed by atoms with Gasteiger partial charge in [-0.2, -0.15) is 0 Å². The number of nitrogens with zero attached hydrogens (tertiary/aromatic N) is 2. The molecular formula is C21H20ClFN4O. The number of carbonyl (C=O) groups excluding carboxylic acids is 1. The van der Waals surface area contributed by atoms with E-state index in [9.17, 15) is 9.18 Å². The third kappa shape index (κ3) is 5.50. The van der Waals surface area contributed by atoms with Crippen LogP contribution in [0.2, 0.25) is 5.02 Å². The number of halogens is 2. The molecular weight excluding hydrogens is 379 g/mol. The van der Waals surface area contributed by atoms with Gasteiger partial charge in [-0.3, -0.25) is 4.79 Å². The molecule has 1 aromatic heterocycles. The molecule has 2 aromatic carbocycles. The van der Waals surface area contributed by atoms with Crippen LogP contribution in [0.15, 0.2) is 54.6 Å². The van der Waals surface area contributed by atoms with Gasteiger partial charge in [0, 0.05) is 24.2 Å². The lowest BCUT2D eigenvalue weighted by molar-refractivity contribution is 0.0949. The Hall–Kier alpha value is -2.99.